The van der Waals surface area contributed by atoms with Gasteiger partial charge in [-0.3, -0.25) is 10.1 Å². The Kier molecular flexibility index (Phi) is 2.30. The molecule has 1 amide bonds. The molecule has 0 aliphatic heterocycles. The van der Waals surface area contributed by atoms with Gasteiger partial charge in [-0.1, -0.05) is 23.3 Å². The first kappa shape index (κ1) is 10.5. The van der Waals surface area contributed by atoms with E-state index in [1.54, 1.807) is 13.2 Å². The number of fused-ring (bicyclic) bond motifs is 1. The zero-order chi connectivity index (χ0) is 12.5. The molecule has 1 aromatic carbocycles. The molecule has 2 heterocycles. The van der Waals surface area contributed by atoms with Crippen LogP contribution >= 0.6 is 0 Å². The number of benzene rings is 1. The molecule has 0 fully saturated rings. The predicted molar refractivity (Wildman–Crippen MR) is 65.0 cm³/mol. The maximum Gasteiger partial charge on any atom is 0.270 e. The van der Waals surface area contributed by atoms with Crippen molar-refractivity contribution in [2.75, 3.05) is 5.32 Å². The molecule has 7 nitrogen and oxygen atoms in total. The number of carbonyl (C=O) groups is 1. The first-order chi connectivity index (χ1) is 8.74. The fourth-order valence-corrected chi connectivity index (χ4v) is 1.76. The summed E-state index contributed by atoms with van der Waals surface area (Å²) in [6, 6.07) is 7.58. The second-order valence-electron chi connectivity index (χ2n) is 3.80. The summed E-state index contributed by atoms with van der Waals surface area (Å²) in [6.45, 7) is 0. The number of anilines is 1. The minimum Gasteiger partial charge on any atom is -0.360 e. The van der Waals surface area contributed by atoms with Gasteiger partial charge in [-0.05, 0) is 11.3 Å². The quantitative estimate of drug-likeness (QED) is 0.700. The Morgan fingerprint density at radius 2 is 2.22 bits per heavy atom. The minimum atomic E-state index is -0.263. The molecule has 0 atom stereocenters. The standard InChI is InChI=1S/C11H10N6O/c1-17-15-11(14-16-17)13-10(18)8-6-12-9-5-3-2-4-7(8)9/h2-6,12H,1H3,(H,13,15,18). The van der Waals surface area contributed by atoms with Crippen LogP contribution in [0, 0.1) is 0 Å². The number of aromatic nitrogens is 5. The van der Waals surface area contributed by atoms with E-state index >= 15 is 0 Å². The van der Waals surface area contributed by atoms with Gasteiger partial charge in [-0.15, -0.1) is 5.10 Å². The van der Waals surface area contributed by atoms with E-state index in [1.165, 1.54) is 4.80 Å². The monoisotopic (exact) mass is 242 g/mol. The highest BCUT2D eigenvalue weighted by atomic mass is 16.1. The molecule has 0 bridgehead atoms. The maximum atomic E-state index is 12.1. The molecular weight excluding hydrogens is 232 g/mol. The Labute approximate surface area is 102 Å². The Balaban J connectivity index is 1.92. The molecule has 0 saturated heterocycles. The first-order valence-corrected chi connectivity index (χ1v) is 5.35. The lowest BCUT2D eigenvalue weighted by molar-refractivity contribution is 0.102. The summed E-state index contributed by atoms with van der Waals surface area (Å²) in [7, 11) is 1.63. The average molecular weight is 242 g/mol. The van der Waals surface area contributed by atoms with Crippen molar-refractivity contribution < 1.29 is 4.79 Å². The van der Waals surface area contributed by atoms with Gasteiger partial charge in [-0.2, -0.15) is 4.80 Å². The Bertz CT molecular complexity index is 713. The van der Waals surface area contributed by atoms with Crippen LogP contribution in [-0.4, -0.2) is 31.1 Å². The van der Waals surface area contributed by atoms with Crippen LogP contribution in [-0.2, 0) is 7.05 Å². The van der Waals surface area contributed by atoms with Crippen molar-refractivity contribution in [3.8, 4) is 0 Å². The number of amides is 1. The number of carbonyl (C=O) groups excluding carboxylic acids is 1. The zero-order valence-electron chi connectivity index (χ0n) is 9.58. The summed E-state index contributed by atoms with van der Waals surface area (Å²) in [6.07, 6.45) is 1.66. The normalized spacial score (nSPS) is 10.7. The first-order valence-electron chi connectivity index (χ1n) is 5.35. The summed E-state index contributed by atoms with van der Waals surface area (Å²) in [5, 5.41) is 14.7. The molecule has 0 spiro atoms. The van der Waals surface area contributed by atoms with Gasteiger partial charge in [0.25, 0.3) is 11.9 Å². The van der Waals surface area contributed by atoms with Crippen LogP contribution < -0.4 is 5.32 Å². The highest BCUT2D eigenvalue weighted by Crippen LogP contribution is 2.18. The van der Waals surface area contributed by atoms with E-state index in [1.807, 2.05) is 24.3 Å². The highest BCUT2D eigenvalue weighted by Gasteiger charge is 2.13. The van der Waals surface area contributed by atoms with E-state index in [2.05, 4.69) is 25.7 Å². The number of hydrogen-bond donors (Lipinski definition) is 2. The van der Waals surface area contributed by atoms with E-state index < -0.39 is 0 Å². The smallest absolute Gasteiger partial charge is 0.270 e. The van der Waals surface area contributed by atoms with Crippen LogP contribution in [0.1, 0.15) is 10.4 Å². The molecule has 90 valence electrons. The van der Waals surface area contributed by atoms with Crippen LogP contribution in [0.2, 0.25) is 0 Å². The molecule has 18 heavy (non-hydrogen) atoms. The molecule has 0 aliphatic rings. The molecule has 0 aliphatic carbocycles. The minimum absolute atomic E-state index is 0.188. The molecule has 0 unspecified atom stereocenters. The maximum absolute atomic E-state index is 12.1. The van der Waals surface area contributed by atoms with Crippen molar-refractivity contribution in [3.05, 3.63) is 36.0 Å². The van der Waals surface area contributed by atoms with E-state index in [-0.39, 0.29) is 11.9 Å². The van der Waals surface area contributed by atoms with Gasteiger partial charge in [0.15, 0.2) is 0 Å². The van der Waals surface area contributed by atoms with Crippen LogP contribution in [0.4, 0.5) is 5.95 Å². The number of nitrogens with one attached hydrogen (secondary N) is 2. The van der Waals surface area contributed by atoms with Crippen molar-refractivity contribution in [2.45, 2.75) is 0 Å². The number of rotatable bonds is 2. The van der Waals surface area contributed by atoms with Crippen LogP contribution in [0.25, 0.3) is 10.9 Å². The fourth-order valence-electron chi connectivity index (χ4n) is 1.76. The second-order valence-corrected chi connectivity index (χ2v) is 3.80. The summed E-state index contributed by atoms with van der Waals surface area (Å²) in [5.74, 6) is -0.0757. The summed E-state index contributed by atoms with van der Waals surface area (Å²) >= 11 is 0. The van der Waals surface area contributed by atoms with Crippen LogP contribution in [0.15, 0.2) is 30.5 Å². The van der Waals surface area contributed by atoms with E-state index in [0.717, 1.165) is 10.9 Å². The number of tetrazole rings is 1. The molecule has 2 N–H and O–H groups in total. The predicted octanol–water partition coefficient (Wildman–Crippen LogP) is 0.944. The second kappa shape index (κ2) is 3.95. The summed E-state index contributed by atoms with van der Waals surface area (Å²) in [4.78, 5) is 16.4. The van der Waals surface area contributed by atoms with Crippen molar-refractivity contribution in [2.24, 2.45) is 7.05 Å². The lowest BCUT2D eigenvalue weighted by Gasteiger charge is -1.98. The Hall–Kier alpha value is -2.70. The SMILES string of the molecule is Cn1nnc(NC(=O)c2c[nH]c3ccccc23)n1. The van der Waals surface area contributed by atoms with Gasteiger partial charge in [0.05, 0.1) is 12.6 Å². The summed E-state index contributed by atoms with van der Waals surface area (Å²) < 4.78 is 0. The van der Waals surface area contributed by atoms with E-state index in [0.29, 0.717) is 5.56 Å². The molecule has 0 saturated carbocycles. The zero-order valence-corrected chi connectivity index (χ0v) is 9.58. The number of aryl methyl sites for hydroxylation is 1. The van der Waals surface area contributed by atoms with Crippen molar-refractivity contribution >= 4 is 22.8 Å². The van der Waals surface area contributed by atoms with Gasteiger partial charge >= 0.3 is 0 Å². The number of nitrogens with zero attached hydrogens (tertiary/aromatic N) is 4. The topological polar surface area (TPSA) is 88.5 Å². The third-order valence-corrected chi connectivity index (χ3v) is 2.57. The number of aromatic amines is 1. The van der Waals surface area contributed by atoms with Crippen molar-refractivity contribution in [3.63, 3.8) is 0 Å². The Morgan fingerprint density at radius 3 is 3.00 bits per heavy atom. The third-order valence-electron chi connectivity index (χ3n) is 2.57. The van der Waals surface area contributed by atoms with Gasteiger partial charge in [0, 0.05) is 17.1 Å². The number of para-hydroxylation sites is 1. The van der Waals surface area contributed by atoms with Gasteiger partial charge in [0.2, 0.25) is 0 Å². The molecule has 3 rings (SSSR count). The average Bonchev–Trinajstić information content (AvgIpc) is 2.95. The molecule has 3 aromatic rings. The lowest BCUT2D eigenvalue weighted by atomic mass is 10.1. The van der Waals surface area contributed by atoms with Crippen molar-refractivity contribution in [1.82, 2.24) is 25.2 Å². The van der Waals surface area contributed by atoms with Gasteiger partial charge in [0.1, 0.15) is 0 Å². The van der Waals surface area contributed by atoms with E-state index in [4.69, 9.17) is 0 Å². The van der Waals surface area contributed by atoms with Crippen LogP contribution in [0.3, 0.4) is 0 Å². The number of hydrogen-bond acceptors (Lipinski definition) is 4. The van der Waals surface area contributed by atoms with E-state index in [9.17, 15) is 4.79 Å². The third kappa shape index (κ3) is 1.71. The fraction of sp³-hybridized carbons (Fsp3) is 0.0909. The molecule has 7 heteroatoms. The van der Waals surface area contributed by atoms with Gasteiger partial charge in [-0.25, -0.2) is 0 Å². The highest BCUT2D eigenvalue weighted by molar-refractivity contribution is 6.12. The largest absolute Gasteiger partial charge is 0.360 e. The Morgan fingerprint density at radius 1 is 1.39 bits per heavy atom. The summed E-state index contributed by atoms with van der Waals surface area (Å²) in [5.41, 5.74) is 1.47. The molecule has 2 aromatic heterocycles. The van der Waals surface area contributed by atoms with Gasteiger partial charge < -0.3 is 4.98 Å². The van der Waals surface area contributed by atoms with Crippen LogP contribution in [0.5, 0.6) is 0 Å². The van der Waals surface area contributed by atoms with Crippen molar-refractivity contribution in [1.29, 1.82) is 0 Å². The molecular formula is C11H10N6O. The molecule has 0 radical (unpaired) electrons. The lowest BCUT2D eigenvalue weighted by Crippen LogP contribution is -2.12. The number of H-pyrrole nitrogens is 1.